The van der Waals surface area contributed by atoms with Crippen molar-refractivity contribution in [2.45, 2.75) is 13.5 Å². The Bertz CT molecular complexity index is 735. The lowest BCUT2D eigenvalue weighted by Crippen LogP contribution is -2.46. The Balaban J connectivity index is 0.00000169. The van der Waals surface area contributed by atoms with Crippen molar-refractivity contribution in [2.75, 3.05) is 36.8 Å². The highest BCUT2D eigenvalue weighted by Crippen LogP contribution is 2.33. The van der Waals surface area contributed by atoms with Gasteiger partial charge in [-0.1, -0.05) is 30.3 Å². The van der Waals surface area contributed by atoms with Gasteiger partial charge in [-0.15, -0.1) is 24.8 Å². The maximum atomic E-state index is 11.4. The van der Waals surface area contributed by atoms with Gasteiger partial charge >= 0.3 is 0 Å². The van der Waals surface area contributed by atoms with Crippen LogP contribution < -0.4 is 10.6 Å². The van der Waals surface area contributed by atoms with E-state index in [1.165, 1.54) is 5.56 Å². The molecule has 142 valence electrons. The first-order valence-corrected chi connectivity index (χ1v) is 8.10. The van der Waals surface area contributed by atoms with Crippen LogP contribution in [0, 0.1) is 17.0 Å². The van der Waals surface area contributed by atoms with Crippen molar-refractivity contribution in [1.82, 2.24) is 4.90 Å². The zero-order valence-electron chi connectivity index (χ0n) is 14.6. The minimum atomic E-state index is -0.321. The van der Waals surface area contributed by atoms with Gasteiger partial charge in [0.05, 0.1) is 4.92 Å². The van der Waals surface area contributed by atoms with Crippen LogP contribution in [-0.2, 0) is 6.54 Å². The number of nitro groups is 1. The van der Waals surface area contributed by atoms with E-state index in [4.69, 9.17) is 5.73 Å². The van der Waals surface area contributed by atoms with Crippen LogP contribution in [0.1, 0.15) is 11.1 Å². The zero-order chi connectivity index (χ0) is 17.1. The van der Waals surface area contributed by atoms with Gasteiger partial charge in [-0.2, -0.15) is 0 Å². The van der Waals surface area contributed by atoms with Crippen molar-refractivity contribution in [1.29, 1.82) is 0 Å². The van der Waals surface area contributed by atoms with Gasteiger partial charge in [-0.3, -0.25) is 15.0 Å². The van der Waals surface area contributed by atoms with Gasteiger partial charge in [0.2, 0.25) is 0 Å². The molecule has 1 saturated heterocycles. The number of nitro benzene ring substituents is 1. The molecule has 26 heavy (non-hydrogen) atoms. The SMILES string of the molecule is Cc1cc([N+](=O)[O-])c(N2CCN(Cc3ccccc3)CC2)cc1N.Cl.Cl. The summed E-state index contributed by atoms with van der Waals surface area (Å²) in [6.07, 6.45) is 0. The predicted octanol–water partition coefficient (Wildman–Crippen LogP) is 3.65. The first-order valence-electron chi connectivity index (χ1n) is 8.10. The standard InChI is InChI=1S/C18H22N4O2.2ClH/c1-14-11-18(22(23)24)17(12-16(14)19)21-9-7-20(8-10-21)13-15-5-3-2-4-6-15;;/h2-6,11-12H,7-10,13,19H2,1H3;2*1H. The van der Waals surface area contributed by atoms with Crippen molar-refractivity contribution in [2.24, 2.45) is 0 Å². The van der Waals surface area contributed by atoms with Crippen LogP contribution in [0.2, 0.25) is 0 Å². The predicted molar refractivity (Wildman–Crippen MR) is 111 cm³/mol. The van der Waals surface area contributed by atoms with Crippen LogP contribution in [0.3, 0.4) is 0 Å². The molecule has 2 N–H and O–H groups in total. The summed E-state index contributed by atoms with van der Waals surface area (Å²) in [6, 6.07) is 13.7. The van der Waals surface area contributed by atoms with Gasteiger partial charge in [0.15, 0.2) is 0 Å². The largest absolute Gasteiger partial charge is 0.398 e. The van der Waals surface area contributed by atoms with E-state index >= 15 is 0 Å². The molecule has 0 unspecified atom stereocenters. The Labute approximate surface area is 165 Å². The summed E-state index contributed by atoms with van der Waals surface area (Å²) < 4.78 is 0. The topological polar surface area (TPSA) is 75.6 Å². The number of nitrogens with zero attached hydrogens (tertiary/aromatic N) is 3. The van der Waals surface area contributed by atoms with E-state index in [-0.39, 0.29) is 35.4 Å². The van der Waals surface area contributed by atoms with Gasteiger partial charge in [0, 0.05) is 44.5 Å². The molecule has 8 heteroatoms. The highest BCUT2D eigenvalue weighted by atomic mass is 35.5. The van der Waals surface area contributed by atoms with Crippen LogP contribution in [0.4, 0.5) is 17.1 Å². The molecular formula is C18H24Cl2N4O2. The number of hydrogen-bond donors (Lipinski definition) is 1. The Kier molecular flexibility index (Phi) is 8.14. The molecule has 2 aromatic rings. The van der Waals surface area contributed by atoms with Crippen LogP contribution >= 0.6 is 24.8 Å². The van der Waals surface area contributed by atoms with Crippen molar-refractivity contribution in [3.63, 3.8) is 0 Å². The van der Waals surface area contributed by atoms with Gasteiger partial charge in [0.25, 0.3) is 5.69 Å². The number of anilines is 2. The average Bonchev–Trinajstić information content (AvgIpc) is 2.58. The number of piperazine rings is 1. The van der Waals surface area contributed by atoms with E-state index in [0.717, 1.165) is 38.3 Å². The molecule has 0 atom stereocenters. The summed E-state index contributed by atoms with van der Waals surface area (Å²) in [7, 11) is 0. The number of hydrogen-bond acceptors (Lipinski definition) is 5. The van der Waals surface area contributed by atoms with E-state index in [0.29, 0.717) is 11.4 Å². The maximum absolute atomic E-state index is 11.4. The van der Waals surface area contributed by atoms with Crippen LogP contribution in [-0.4, -0.2) is 36.0 Å². The summed E-state index contributed by atoms with van der Waals surface area (Å²) in [6.45, 7) is 5.97. The molecule has 0 saturated carbocycles. The quantitative estimate of drug-likeness (QED) is 0.483. The number of aryl methyl sites for hydroxylation is 1. The third-order valence-electron chi connectivity index (χ3n) is 4.52. The van der Waals surface area contributed by atoms with Crippen molar-refractivity contribution < 1.29 is 4.92 Å². The molecule has 3 rings (SSSR count). The molecule has 0 spiro atoms. The molecular weight excluding hydrogens is 375 g/mol. The number of halogens is 2. The highest BCUT2D eigenvalue weighted by Gasteiger charge is 2.24. The summed E-state index contributed by atoms with van der Waals surface area (Å²) in [5, 5.41) is 11.4. The Morgan fingerprint density at radius 2 is 1.69 bits per heavy atom. The molecule has 2 aromatic carbocycles. The van der Waals surface area contributed by atoms with Gasteiger partial charge in [-0.25, -0.2) is 0 Å². The second kappa shape index (κ2) is 9.62. The smallest absolute Gasteiger partial charge is 0.292 e. The van der Waals surface area contributed by atoms with E-state index in [1.54, 1.807) is 19.1 Å². The van der Waals surface area contributed by atoms with E-state index in [9.17, 15) is 10.1 Å². The van der Waals surface area contributed by atoms with E-state index in [2.05, 4.69) is 21.9 Å². The molecule has 1 aliphatic rings. The number of nitrogen functional groups attached to an aromatic ring is 1. The summed E-state index contributed by atoms with van der Waals surface area (Å²) in [4.78, 5) is 15.5. The Morgan fingerprint density at radius 1 is 1.08 bits per heavy atom. The van der Waals surface area contributed by atoms with Crippen LogP contribution in [0.25, 0.3) is 0 Å². The minimum Gasteiger partial charge on any atom is -0.398 e. The molecule has 1 aliphatic heterocycles. The van der Waals surface area contributed by atoms with Crippen molar-refractivity contribution in [3.05, 3.63) is 63.7 Å². The van der Waals surface area contributed by atoms with Gasteiger partial charge in [0.1, 0.15) is 5.69 Å². The van der Waals surface area contributed by atoms with Gasteiger partial charge in [-0.05, 0) is 24.1 Å². The highest BCUT2D eigenvalue weighted by molar-refractivity contribution is 5.85. The fourth-order valence-corrected chi connectivity index (χ4v) is 3.09. The van der Waals surface area contributed by atoms with Crippen LogP contribution in [0.15, 0.2) is 42.5 Å². The van der Waals surface area contributed by atoms with Crippen molar-refractivity contribution in [3.8, 4) is 0 Å². The summed E-state index contributed by atoms with van der Waals surface area (Å²) in [5.41, 5.74) is 9.36. The fraction of sp³-hybridized carbons (Fsp3) is 0.333. The molecule has 0 amide bonds. The fourth-order valence-electron chi connectivity index (χ4n) is 3.09. The Hall–Kier alpha value is -2.02. The third-order valence-corrected chi connectivity index (χ3v) is 4.52. The molecule has 0 aliphatic carbocycles. The maximum Gasteiger partial charge on any atom is 0.292 e. The van der Waals surface area contributed by atoms with E-state index in [1.807, 2.05) is 18.2 Å². The zero-order valence-corrected chi connectivity index (χ0v) is 16.3. The molecule has 0 aromatic heterocycles. The second-order valence-corrected chi connectivity index (χ2v) is 6.20. The lowest BCUT2D eigenvalue weighted by molar-refractivity contribution is -0.384. The summed E-state index contributed by atoms with van der Waals surface area (Å²) in [5.74, 6) is 0. The minimum absolute atomic E-state index is 0. The molecule has 1 fully saturated rings. The van der Waals surface area contributed by atoms with E-state index < -0.39 is 0 Å². The first kappa shape index (κ1) is 22.0. The Morgan fingerprint density at radius 3 is 2.27 bits per heavy atom. The molecule has 1 heterocycles. The normalized spacial score (nSPS) is 14.3. The van der Waals surface area contributed by atoms with Gasteiger partial charge < -0.3 is 10.6 Å². The van der Waals surface area contributed by atoms with Crippen LogP contribution in [0.5, 0.6) is 0 Å². The number of rotatable bonds is 4. The van der Waals surface area contributed by atoms with Crippen molar-refractivity contribution >= 4 is 41.9 Å². The molecule has 6 nitrogen and oxygen atoms in total. The lowest BCUT2D eigenvalue weighted by Gasteiger charge is -2.36. The lowest BCUT2D eigenvalue weighted by atomic mass is 10.1. The molecule has 0 radical (unpaired) electrons. The first-order chi connectivity index (χ1) is 11.5. The molecule has 0 bridgehead atoms. The second-order valence-electron chi connectivity index (χ2n) is 6.20. The summed E-state index contributed by atoms with van der Waals surface area (Å²) >= 11 is 0. The number of nitrogens with two attached hydrogens (primary N) is 1. The monoisotopic (exact) mass is 398 g/mol. The average molecular weight is 399 g/mol. The number of benzene rings is 2. The third kappa shape index (κ3) is 5.00.